The molecule has 0 bridgehead atoms. The monoisotopic (exact) mass is 270 g/mol. The number of fused-ring (bicyclic) bond motifs is 1. The summed E-state index contributed by atoms with van der Waals surface area (Å²) in [4.78, 5) is 10.7. The number of nitro groups is 1. The van der Waals surface area contributed by atoms with Gasteiger partial charge in [-0.3, -0.25) is 10.1 Å². The van der Waals surface area contributed by atoms with Gasteiger partial charge in [-0.15, -0.1) is 0 Å². The van der Waals surface area contributed by atoms with Crippen LogP contribution in [0.25, 0.3) is 0 Å². The van der Waals surface area contributed by atoms with Gasteiger partial charge in [-0.05, 0) is 24.6 Å². The van der Waals surface area contributed by atoms with Crippen molar-refractivity contribution in [3.8, 4) is 5.75 Å². The van der Waals surface area contributed by atoms with Crippen molar-refractivity contribution in [3.05, 3.63) is 63.7 Å². The molecule has 20 heavy (non-hydrogen) atoms. The standard InChI is InChI=1S/C15H14N2O3/c1-10-6-7-14(17(18)19)12(8-10)16-13-9-20-15-5-3-2-4-11(13)15/h2-8,13,16H,9H2,1H3. The first-order valence-electron chi connectivity index (χ1n) is 6.38. The Hall–Kier alpha value is -2.56. The van der Waals surface area contributed by atoms with Crippen molar-refractivity contribution in [2.45, 2.75) is 13.0 Å². The SMILES string of the molecule is Cc1ccc([N+](=O)[O-])c(NC2COc3ccccc32)c1. The molecule has 1 aliphatic rings. The Bertz CT molecular complexity index is 670. The van der Waals surface area contributed by atoms with Crippen molar-refractivity contribution in [1.82, 2.24) is 0 Å². The van der Waals surface area contributed by atoms with E-state index in [0.29, 0.717) is 12.3 Å². The van der Waals surface area contributed by atoms with Gasteiger partial charge in [0, 0.05) is 11.6 Å². The van der Waals surface area contributed by atoms with Gasteiger partial charge in [-0.2, -0.15) is 0 Å². The highest BCUT2D eigenvalue weighted by Gasteiger charge is 2.25. The van der Waals surface area contributed by atoms with Crippen LogP contribution in [-0.2, 0) is 0 Å². The van der Waals surface area contributed by atoms with E-state index in [0.717, 1.165) is 16.9 Å². The highest BCUT2D eigenvalue weighted by atomic mass is 16.6. The minimum Gasteiger partial charge on any atom is -0.491 e. The van der Waals surface area contributed by atoms with Crippen LogP contribution >= 0.6 is 0 Å². The Morgan fingerprint density at radius 2 is 2.10 bits per heavy atom. The Labute approximate surface area is 116 Å². The fraction of sp³-hybridized carbons (Fsp3) is 0.200. The van der Waals surface area contributed by atoms with Crippen LogP contribution in [-0.4, -0.2) is 11.5 Å². The molecule has 1 N–H and O–H groups in total. The number of ether oxygens (including phenoxy) is 1. The van der Waals surface area contributed by atoms with Crippen molar-refractivity contribution in [3.63, 3.8) is 0 Å². The largest absolute Gasteiger partial charge is 0.491 e. The summed E-state index contributed by atoms with van der Waals surface area (Å²) in [5.41, 5.74) is 2.62. The normalized spacial score (nSPS) is 16.4. The van der Waals surface area contributed by atoms with Crippen molar-refractivity contribution in [2.75, 3.05) is 11.9 Å². The van der Waals surface area contributed by atoms with E-state index >= 15 is 0 Å². The lowest BCUT2D eigenvalue weighted by Crippen LogP contribution is -2.13. The molecule has 5 nitrogen and oxygen atoms in total. The number of rotatable bonds is 3. The van der Waals surface area contributed by atoms with Gasteiger partial charge in [0.15, 0.2) is 0 Å². The van der Waals surface area contributed by atoms with Crippen LogP contribution in [0.2, 0.25) is 0 Å². The molecule has 0 radical (unpaired) electrons. The third-order valence-corrected chi connectivity index (χ3v) is 3.38. The van der Waals surface area contributed by atoms with E-state index in [9.17, 15) is 10.1 Å². The minimum absolute atomic E-state index is 0.0632. The Balaban J connectivity index is 1.93. The fourth-order valence-electron chi connectivity index (χ4n) is 2.39. The number of anilines is 1. The van der Waals surface area contributed by atoms with Crippen molar-refractivity contribution in [2.24, 2.45) is 0 Å². The average molecular weight is 270 g/mol. The van der Waals surface area contributed by atoms with E-state index in [2.05, 4.69) is 5.32 Å². The van der Waals surface area contributed by atoms with Crippen LogP contribution < -0.4 is 10.1 Å². The van der Waals surface area contributed by atoms with Gasteiger partial charge in [0.1, 0.15) is 18.0 Å². The topological polar surface area (TPSA) is 64.4 Å². The number of benzene rings is 2. The maximum Gasteiger partial charge on any atom is 0.292 e. The zero-order chi connectivity index (χ0) is 14.1. The van der Waals surface area contributed by atoms with Crippen LogP contribution in [0.1, 0.15) is 17.2 Å². The third kappa shape index (κ3) is 2.18. The molecule has 1 unspecified atom stereocenters. The number of aryl methyl sites for hydroxylation is 1. The molecule has 1 aliphatic heterocycles. The highest BCUT2D eigenvalue weighted by molar-refractivity contribution is 5.64. The molecule has 0 spiro atoms. The highest BCUT2D eigenvalue weighted by Crippen LogP contribution is 2.36. The third-order valence-electron chi connectivity index (χ3n) is 3.38. The summed E-state index contributed by atoms with van der Waals surface area (Å²) in [7, 11) is 0. The first-order valence-corrected chi connectivity index (χ1v) is 6.38. The predicted molar refractivity (Wildman–Crippen MR) is 76.1 cm³/mol. The molecule has 2 aromatic rings. The predicted octanol–water partition coefficient (Wildman–Crippen LogP) is 3.45. The molecule has 3 rings (SSSR count). The molecule has 0 saturated carbocycles. The van der Waals surface area contributed by atoms with Crippen LogP contribution in [0.3, 0.4) is 0 Å². The van der Waals surface area contributed by atoms with Gasteiger partial charge < -0.3 is 10.1 Å². The molecule has 0 saturated heterocycles. The second kappa shape index (κ2) is 4.85. The summed E-state index contributed by atoms with van der Waals surface area (Å²) < 4.78 is 5.58. The number of nitro benzene ring substituents is 1. The number of nitrogens with zero attached hydrogens (tertiary/aromatic N) is 1. The number of para-hydroxylation sites is 1. The first-order chi connectivity index (χ1) is 9.65. The molecule has 0 amide bonds. The van der Waals surface area contributed by atoms with Crippen LogP contribution in [0, 0.1) is 17.0 Å². The van der Waals surface area contributed by atoms with Gasteiger partial charge in [-0.1, -0.05) is 24.3 Å². The molecule has 1 heterocycles. The Morgan fingerprint density at radius 3 is 2.90 bits per heavy atom. The molecule has 5 heteroatoms. The molecule has 1 atom stereocenters. The molecule has 102 valence electrons. The van der Waals surface area contributed by atoms with E-state index in [-0.39, 0.29) is 16.7 Å². The van der Waals surface area contributed by atoms with Gasteiger partial charge in [0.2, 0.25) is 0 Å². The summed E-state index contributed by atoms with van der Waals surface area (Å²) in [5, 5.41) is 14.3. The lowest BCUT2D eigenvalue weighted by atomic mass is 10.1. The van der Waals surface area contributed by atoms with Gasteiger partial charge in [0.25, 0.3) is 5.69 Å². The van der Waals surface area contributed by atoms with E-state index in [4.69, 9.17) is 4.74 Å². The molecule has 0 fully saturated rings. The quantitative estimate of drug-likeness (QED) is 0.685. The molecular formula is C15H14N2O3. The second-order valence-corrected chi connectivity index (χ2v) is 4.82. The van der Waals surface area contributed by atoms with E-state index < -0.39 is 0 Å². The number of hydrogen-bond donors (Lipinski definition) is 1. The summed E-state index contributed by atoms with van der Waals surface area (Å²) in [6, 6.07) is 12.7. The molecule has 0 aliphatic carbocycles. The number of nitrogens with one attached hydrogen (secondary N) is 1. The van der Waals surface area contributed by atoms with Crippen molar-refractivity contribution >= 4 is 11.4 Å². The van der Waals surface area contributed by atoms with Gasteiger partial charge in [-0.25, -0.2) is 0 Å². The maximum atomic E-state index is 11.1. The molecular weight excluding hydrogens is 256 g/mol. The van der Waals surface area contributed by atoms with E-state index in [1.165, 1.54) is 6.07 Å². The Kier molecular flexibility index (Phi) is 3.02. The van der Waals surface area contributed by atoms with Crippen molar-refractivity contribution < 1.29 is 9.66 Å². The van der Waals surface area contributed by atoms with Crippen LogP contribution in [0.4, 0.5) is 11.4 Å². The average Bonchev–Trinajstić information content (AvgIpc) is 2.82. The lowest BCUT2D eigenvalue weighted by Gasteiger charge is -2.13. The molecule has 2 aromatic carbocycles. The van der Waals surface area contributed by atoms with Crippen LogP contribution in [0.5, 0.6) is 5.75 Å². The van der Waals surface area contributed by atoms with Crippen molar-refractivity contribution in [1.29, 1.82) is 0 Å². The zero-order valence-corrected chi connectivity index (χ0v) is 11.0. The second-order valence-electron chi connectivity index (χ2n) is 4.82. The van der Waals surface area contributed by atoms with Crippen LogP contribution in [0.15, 0.2) is 42.5 Å². The molecule has 0 aromatic heterocycles. The van der Waals surface area contributed by atoms with E-state index in [1.54, 1.807) is 12.1 Å². The minimum atomic E-state index is -0.372. The first kappa shape index (κ1) is 12.5. The Morgan fingerprint density at radius 1 is 1.30 bits per heavy atom. The lowest BCUT2D eigenvalue weighted by molar-refractivity contribution is -0.384. The smallest absolute Gasteiger partial charge is 0.292 e. The van der Waals surface area contributed by atoms with Gasteiger partial charge >= 0.3 is 0 Å². The van der Waals surface area contributed by atoms with Gasteiger partial charge in [0.05, 0.1) is 11.0 Å². The summed E-state index contributed by atoms with van der Waals surface area (Å²) in [6.45, 7) is 2.39. The fourth-order valence-corrected chi connectivity index (χ4v) is 2.39. The summed E-state index contributed by atoms with van der Waals surface area (Å²) in [6.07, 6.45) is 0. The van der Waals surface area contributed by atoms with E-state index in [1.807, 2.05) is 31.2 Å². The number of hydrogen-bond acceptors (Lipinski definition) is 4. The summed E-state index contributed by atoms with van der Waals surface area (Å²) >= 11 is 0. The maximum absolute atomic E-state index is 11.1. The zero-order valence-electron chi connectivity index (χ0n) is 11.0. The summed E-state index contributed by atoms with van der Waals surface area (Å²) in [5.74, 6) is 0.834.